The van der Waals surface area contributed by atoms with Crippen LogP contribution in [0.2, 0.25) is 0 Å². The van der Waals surface area contributed by atoms with E-state index in [4.69, 9.17) is 0 Å². The molecule has 0 unspecified atom stereocenters. The van der Waals surface area contributed by atoms with E-state index in [0.717, 1.165) is 6.20 Å². The molecule has 2 aromatic rings. The van der Waals surface area contributed by atoms with Gasteiger partial charge in [-0.3, -0.25) is 9.78 Å². The number of carbonyl (C=O) groups is 1. The lowest BCUT2D eigenvalue weighted by atomic mass is 10.2. The molecule has 0 saturated heterocycles. The lowest BCUT2D eigenvalue weighted by Crippen LogP contribution is -2.29. The highest BCUT2D eigenvalue weighted by Crippen LogP contribution is 2.02. The lowest BCUT2D eigenvalue weighted by Gasteiger charge is -2.02. The fourth-order valence-electron chi connectivity index (χ4n) is 1.20. The van der Waals surface area contributed by atoms with E-state index >= 15 is 0 Å². The molecular weight excluding hydrogens is 184 g/mol. The zero-order chi connectivity index (χ0) is 10.1. The number of nitrogens with one attached hydrogen (secondary N) is 1. The Labute approximate surface area is 78.0 Å². The van der Waals surface area contributed by atoms with Gasteiger partial charge in [-0.2, -0.15) is 0 Å². The van der Waals surface area contributed by atoms with Crippen molar-refractivity contribution in [2.75, 3.05) is 0 Å². The van der Waals surface area contributed by atoms with Crippen LogP contribution in [0, 0.1) is 0 Å². The number of carbonyl (C=O) groups excluding carboxylic acids is 1. The normalized spacial score (nSPS) is 10.3. The van der Waals surface area contributed by atoms with Gasteiger partial charge >= 0.3 is 0 Å². The number of nitrogens with zero attached hydrogens (tertiary/aromatic N) is 1. The molecule has 14 heavy (non-hydrogen) atoms. The number of pyridine rings is 2. The van der Waals surface area contributed by atoms with Gasteiger partial charge in [-0.15, -0.1) is 0 Å². The summed E-state index contributed by atoms with van der Waals surface area (Å²) in [6, 6.07) is 3.29. The predicted molar refractivity (Wildman–Crippen MR) is 46.7 cm³/mol. The number of aromatic nitrogens is 2. The summed E-state index contributed by atoms with van der Waals surface area (Å²) in [6.45, 7) is 0. The minimum absolute atomic E-state index is 0.106. The van der Waals surface area contributed by atoms with E-state index in [0.29, 0.717) is 5.52 Å². The number of hydrogen-bond donors (Lipinski definition) is 1. The van der Waals surface area contributed by atoms with Crippen LogP contribution < -0.4 is 10.5 Å². The monoisotopic (exact) mass is 189 g/mol. The van der Waals surface area contributed by atoms with Crippen LogP contribution in [0.5, 0.6) is 0 Å². The second-order valence-corrected chi connectivity index (χ2v) is 2.72. The number of H-pyrrole nitrogens is 1. The molecule has 0 spiro atoms. The predicted octanol–water partition coefficient (Wildman–Crippen LogP) is -0.713. The molecule has 0 atom stereocenters. The molecule has 0 bridgehead atoms. The molecule has 2 rings (SSSR count). The highest BCUT2D eigenvalue weighted by Gasteiger charge is 2.05. The molecule has 2 aromatic heterocycles. The molecule has 70 valence electrons. The third-order valence-corrected chi connectivity index (χ3v) is 1.86. The summed E-state index contributed by atoms with van der Waals surface area (Å²) in [7, 11) is 0. The zero-order valence-corrected chi connectivity index (χ0v) is 6.98. The van der Waals surface area contributed by atoms with E-state index in [2.05, 4.69) is 9.97 Å². The van der Waals surface area contributed by atoms with Crippen molar-refractivity contribution in [3.63, 3.8) is 0 Å². The van der Waals surface area contributed by atoms with Gasteiger partial charge in [0.05, 0.1) is 17.0 Å². The topological polar surface area (TPSA) is 85.9 Å². The molecule has 2 heterocycles. The first kappa shape index (κ1) is 8.43. The quantitative estimate of drug-likeness (QED) is 0.641. The Morgan fingerprint density at radius 3 is 3.00 bits per heavy atom. The summed E-state index contributed by atoms with van der Waals surface area (Å²) in [4.78, 5) is 28.4. The maximum Gasteiger partial charge on any atom is 0.216 e. The maximum atomic E-state index is 11.5. The standard InChI is InChI=1S/C9H6N2O3/c12-8-5(9(13)14)4-11-6-2-1-3-10-7(6)8/h1-4H,(H,11,12)(H,13,14)/p-1. The Kier molecular flexibility index (Phi) is 1.78. The fraction of sp³-hybridized carbons (Fsp3) is 0. The maximum absolute atomic E-state index is 11.5. The molecular formula is C9H5N2O3-. The number of aromatic carboxylic acids is 1. The Hall–Kier alpha value is -2.17. The van der Waals surface area contributed by atoms with Crippen molar-refractivity contribution in [1.29, 1.82) is 0 Å². The number of carboxylic acid groups (broad SMARTS) is 1. The van der Waals surface area contributed by atoms with Gasteiger partial charge in [-0.1, -0.05) is 0 Å². The van der Waals surface area contributed by atoms with Crippen LogP contribution in [0.3, 0.4) is 0 Å². The van der Waals surface area contributed by atoms with E-state index in [-0.39, 0.29) is 5.52 Å². The molecule has 0 saturated carbocycles. The van der Waals surface area contributed by atoms with Crippen LogP contribution in [-0.2, 0) is 0 Å². The van der Waals surface area contributed by atoms with Crippen molar-refractivity contribution >= 4 is 17.0 Å². The average Bonchev–Trinajstić information content (AvgIpc) is 2.18. The van der Waals surface area contributed by atoms with Crippen LogP contribution in [-0.4, -0.2) is 15.9 Å². The fourth-order valence-corrected chi connectivity index (χ4v) is 1.20. The molecule has 1 N–H and O–H groups in total. The number of hydrogen-bond acceptors (Lipinski definition) is 4. The second-order valence-electron chi connectivity index (χ2n) is 2.72. The summed E-state index contributed by atoms with van der Waals surface area (Å²) in [5, 5.41) is 10.5. The van der Waals surface area contributed by atoms with Crippen molar-refractivity contribution in [3.05, 3.63) is 40.3 Å². The molecule has 0 amide bonds. The van der Waals surface area contributed by atoms with Crippen LogP contribution in [0.4, 0.5) is 0 Å². The van der Waals surface area contributed by atoms with Crippen LogP contribution in [0.25, 0.3) is 11.0 Å². The Bertz CT molecular complexity index is 559. The van der Waals surface area contributed by atoms with Gasteiger partial charge in [0.15, 0.2) is 0 Å². The number of rotatable bonds is 1. The number of fused-ring (bicyclic) bond motifs is 1. The first-order chi connectivity index (χ1) is 6.70. The minimum Gasteiger partial charge on any atom is -0.545 e. The largest absolute Gasteiger partial charge is 0.545 e. The Morgan fingerprint density at radius 1 is 1.50 bits per heavy atom. The van der Waals surface area contributed by atoms with E-state index < -0.39 is 17.0 Å². The van der Waals surface area contributed by atoms with Crippen LogP contribution >= 0.6 is 0 Å². The van der Waals surface area contributed by atoms with Crippen LogP contribution in [0.1, 0.15) is 10.4 Å². The highest BCUT2D eigenvalue weighted by atomic mass is 16.4. The summed E-state index contributed by atoms with van der Waals surface area (Å²) in [5.41, 5.74) is -0.424. The summed E-state index contributed by atoms with van der Waals surface area (Å²) in [6.07, 6.45) is 2.54. The third-order valence-electron chi connectivity index (χ3n) is 1.86. The lowest BCUT2D eigenvalue weighted by molar-refractivity contribution is -0.255. The zero-order valence-electron chi connectivity index (χ0n) is 6.98. The third kappa shape index (κ3) is 1.15. The number of aromatic amines is 1. The molecule has 0 aromatic carbocycles. The Morgan fingerprint density at radius 2 is 2.29 bits per heavy atom. The van der Waals surface area contributed by atoms with Gasteiger partial charge in [0.2, 0.25) is 5.43 Å². The van der Waals surface area contributed by atoms with Crippen molar-refractivity contribution < 1.29 is 9.90 Å². The first-order valence-corrected chi connectivity index (χ1v) is 3.88. The van der Waals surface area contributed by atoms with E-state index in [1.807, 2.05) is 0 Å². The second kappa shape index (κ2) is 2.95. The molecule has 0 aliphatic rings. The van der Waals surface area contributed by atoms with Crippen molar-refractivity contribution in [2.45, 2.75) is 0 Å². The summed E-state index contributed by atoms with van der Waals surface area (Å²) >= 11 is 0. The highest BCUT2D eigenvalue weighted by molar-refractivity contribution is 5.89. The average molecular weight is 189 g/mol. The van der Waals surface area contributed by atoms with E-state index in [1.54, 1.807) is 12.1 Å². The van der Waals surface area contributed by atoms with Crippen molar-refractivity contribution in [3.8, 4) is 0 Å². The van der Waals surface area contributed by atoms with Crippen molar-refractivity contribution in [1.82, 2.24) is 9.97 Å². The summed E-state index contributed by atoms with van der Waals surface area (Å²) < 4.78 is 0. The Balaban J connectivity index is 2.89. The molecule has 5 heteroatoms. The smallest absolute Gasteiger partial charge is 0.216 e. The minimum atomic E-state index is -1.50. The van der Waals surface area contributed by atoms with Gasteiger partial charge in [0, 0.05) is 12.4 Å². The van der Waals surface area contributed by atoms with Crippen molar-refractivity contribution in [2.24, 2.45) is 0 Å². The first-order valence-electron chi connectivity index (χ1n) is 3.88. The molecule has 0 fully saturated rings. The van der Waals surface area contributed by atoms with Gasteiger partial charge in [0.1, 0.15) is 5.52 Å². The summed E-state index contributed by atoms with van der Waals surface area (Å²) in [5.74, 6) is -1.50. The van der Waals surface area contributed by atoms with Crippen LogP contribution in [0.15, 0.2) is 29.3 Å². The van der Waals surface area contributed by atoms with Gasteiger partial charge < -0.3 is 14.9 Å². The van der Waals surface area contributed by atoms with Gasteiger partial charge in [-0.25, -0.2) is 0 Å². The van der Waals surface area contributed by atoms with Gasteiger partial charge in [-0.05, 0) is 12.1 Å². The van der Waals surface area contributed by atoms with E-state index in [9.17, 15) is 14.7 Å². The SMILES string of the molecule is O=C([O-])c1c[nH]c2cccnc2c1=O. The molecule has 0 aliphatic carbocycles. The molecule has 0 aliphatic heterocycles. The van der Waals surface area contributed by atoms with E-state index in [1.165, 1.54) is 6.20 Å². The molecule has 5 nitrogen and oxygen atoms in total. The molecule has 0 radical (unpaired) electrons. The number of carboxylic acids is 1. The van der Waals surface area contributed by atoms with Gasteiger partial charge in [0.25, 0.3) is 0 Å².